The first-order valence-corrected chi connectivity index (χ1v) is 10.3. The van der Waals surface area contributed by atoms with Gasteiger partial charge in [-0.15, -0.1) is 0 Å². The van der Waals surface area contributed by atoms with Crippen LogP contribution in [0.15, 0.2) is 36.5 Å². The van der Waals surface area contributed by atoms with Crippen molar-refractivity contribution in [3.05, 3.63) is 53.2 Å². The Morgan fingerprint density at radius 2 is 2.03 bits per heavy atom. The number of aromatic nitrogens is 1. The number of ether oxygens (including phenoxy) is 1. The van der Waals surface area contributed by atoms with Crippen molar-refractivity contribution >= 4 is 23.5 Å². The summed E-state index contributed by atoms with van der Waals surface area (Å²) in [7, 11) is 1.42. The Morgan fingerprint density at radius 1 is 1.26 bits per heavy atom. The molecule has 1 aliphatic heterocycles. The molecular weight excluding hydrogens is 394 g/mol. The number of likely N-dealkylation sites (tertiary alicyclic amines) is 1. The summed E-state index contributed by atoms with van der Waals surface area (Å²) in [6.07, 6.45) is 4.17. The third-order valence-corrected chi connectivity index (χ3v) is 5.40. The zero-order chi connectivity index (χ0) is 22.2. The van der Waals surface area contributed by atoms with E-state index in [0.717, 1.165) is 36.0 Å². The van der Waals surface area contributed by atoms with Crippen LogP contribution >= 0.6 is 0 Å². The quantitative estimate of drug-likeness (QED) is 0.726. The fourth-order valence-corrected chi connectivity index (χ4v) is 3.76. The molecule has 1 fully saturated rings. The van der Waals surface area contributed by atoms with E-state index in [1.807, 2.05) is 37.3 Å². The summed E-state index contributed by atoms with van der Waals surface area (Å²) < 4.78 is 4.94. The second-order valence-corrected chi connectivity index (χ2v) is 7.50. The van der Waals surface area contributed by atoms with Crippen LogP contribution in [0, 0.1) is 18.3 Å². The Labute approximate surface area is 182 Å². The van der Waals surface area contributed by atoms with Gasteiger partial charge in [0.05, 0.1) is 24.9 Å². The third-order valence-electron chi connectivity index (χ3n) is 5.40. The molecule has 162 valence electrons. The van der Waals surface area contributed by atoms with E-state index in [0.29, 0.717) is 24.6 Å². The Balaban J connectivity index is 1.69. The summed E-state index contributed by atoms with van der Waals surface area (Å²) >= 11 is 0. The van der Waals surface area contributed by atoms with Crippen LogP contribution < -0.4 is 10.6 Å². The SMILES string of the molecule is COC(=O)N1CCCCC1c1ccc(CNc2nccc(C)c2NC(=O)CC#N)cc1. The first-order chi connectivity index (χ1) is 15.0. The lowest BCUT2D eigenvalue weighted by atomic mass is 9.95. The van der Waals surface area contributed by atoms with E-state index < -0.39 is 0 Å². The molecule has 2 N–H and O–H groups in total. The number of carbonyl (C=O) groups excluding carboxylic acids is 2. The van der Waals surface area contributed by atoms with Crippen LogP contribution in [0.1, 0.15) is 48.4 Å². The van der Waals surface area contributed by atoms with Gasteiger partial charge in [-0.3, -0.25) is 4.79 Å². The van der Waals surface area contributed by atoms with Crippen LogP contribution in [0.2, 0.25) is 0 Å². The number of methoxy groups -OCH3 is 1. The number of piperidine rings is 1. The monoisotopic (exact) mass is 421 g/mol. The van der Waals surface area contributed by atoms with Crippen molar-refractivity contribution < 1.29 is 14.3 Å². The maximum Gasteiger partial charge on any atom is 0.409 e. The highest BCUT2D eigenvalue weighted by molar-refractivity contribution is 5.95. The fraction of sp³-hybridized carbons (Fsp3) is 0.391. The van der Waals surface area contributed by atoms with Crippen molar-refractivity contribution in [1.29, 1.82) is 5.26 Å². The fourth-order valence-electron chi connectivity index (χ4n) is 3.76. The number of nitriles is 1. The van der Waals surface area contributed by atoms with Gasteiger partial charge in [0.15, 0.2) is 0 Å². The summed E-state index contributed by atoms with van der Waals surface area (Å²) in [5.41, 5.74) is 3.57. The topological polar surface area (TPSA) is 107 Å². The first-order valence-electron chi connectivity index (χ1n) is 10.3. The minimum atomic E-state index is -0.367. The first kappa shape index (κ1) is 22.1. The van der Waals surface area contributed by atoms with Crippen molar-refractivity contribution in [2.24, 2.45) is 0 Å². The van der Waals surface area contributed by atoms with Gasteiger partial charge in [0.2, 0.25) is 5.91 Å². The second kappa shape index (κ2) is 10.4. The lowest BCUT2D eigenvalue weighted by Gasteiger charge is -2.34. The lowest BCUT2D eigenvalue weighted by Crippen LogP contribution is -2.38. The highest BCUT2D eigenvalue weighted by Crippen LogP contribution is 2.31. The number of hydrogen-bond acceptors (Lipinski definition) is 6. The van der Waals surface area contributed by atoms with Gasteiger partial charge in [-0.25, -0.2) is 9.78 Å². The zero-order valence-corrected chi connectivity index (χ0v) is 17.9. The molecule has 2 amide bonds. The molecule has 3 rings (SSSR count). The summed E-state index contributed by atoms with van der Waals surface area (Å²) in [5, 5.41) is 14.7. The van der Waals surface area contributed by atoms with Gasteiger partial charge in [0.1, 0.15) is 12.2 Å². The predicted octanol–water partition coefficient (Wildman–Crippen LogP) is 4.15. The molecule has 31 heavy (non-hydrogen) atoms. The Morgan fingerprint density at radius 3 is 2.74 bits per heavy atom. The maximum absolute atomic E-state index is 12.1. The summed E-state index contributed by atoms with van der Waals surface area (Å²) in [4.78, 5) is 30.1. The lowest BCUT2D eigenvalue weighted by molar-refractivity contribution is -0.115. The number of aryl methyl sites for hydroxylation is 1. The highest BCUT2D eigenvalue weighted by Gasteiger charge is 2.28. The van der Waals surface area contributed by atoms with E-state index in [-0.39, 0.29) is 24.5 Å². The molecule has 1 aliphatic rings. The number of anilines is 2. The molecule has 0 spiro atoms. The molecular formula is C23H27N5O3. The van der Waals surface area contributed by atoms with Gasteiger partial charge in [-0.2, -0.15) is 5.26 Å². The summed E-state index contributed by atoms with van der Waals surface area (Å²) in [6, 6.07) is 11.8. The molecule has 2 heterocycles. The third kappa shape index (κ3) is 5.51. The van der Waals surface area contributed by atoms with E-state index in [4.69, 9.17) is 10.00 Å². The van der Waals surface area contributed by atoms with Crippen molar-refractivity contribution in [3.8, 4) is 6.07 Å². The van der Waals surface area contributed by atoms with Gasteiger partial charge in [-0.05, 0) is 48.9 Å². The molecule has 1 unspecified atom stereocenters. The molecule has 8 heteroatoms. The molecule has 1 saturated heterocycles. The average Bonchev–Trinajstić information content (AvgIpc) is 2.79. The molecule has 8 nitrogen and oxygen atoms in total. The molecule has 0 saturated carbocycles. The molecule has 0 bridgehead atoms. The van der Waals surface area contributed by atoms with Gasteiger partial charge >= 0.3 is 6.09 Å². The van der Waals surface area contributed by atoms with Crippen LogP contribution in [0.25, 0.3) is 0 Å². The number of nitrogens with one attached hydrogen (secondary N) is 2. The predicted molar refractivity (Wildman–Crippen MR) is 117 cm³/mol. The van der Waals surface area contributed by atoms with E-state index in [9.17, 15) is 9.59 Å². The number of carbonyl (C=O) groups is 2. The number of amides is 2. The molecule has 1 aromatic carbocycles. The number of benzene rings is 1. The standard InChI is InChI=1S/C23H27N5O3/c1-16-11-13-25-22(21(16)27-20(29)10-12-24)26-15-17-6-8-18(9-7-17)19-5-3-4-14-28(19)23(30)31-2/h6-9,11,13,19H,3-5,10,14-15H2,1-2H3,(H,25,26)(H,27,29). The van der Waals surface area contributed by atoms with Crippen molar-refractivity contribution in [2.45, 2.75) is 45.2 Å². The Kier molecular flexibility index (Phi) is 7.44. The highest BCUT2D eigenvalue weighted by atomic mass is 16.5. The maximum atomic E-state index is 12.1. The molecule has 0 radical (unpaired) electrons. The minimum Gasteiger partial charge on any atom is -0.453 e. The van der Waals surface area contributed by atoms with Crippen molar-refractivity contribution in [3.63, 3.8) is 0 Å². The van der Waals surface area contributed by atoms with Gasteiger partial charge in [-0.1, -0.05) is 24.3 Å². The number of rotatable bonds is 6. The Bertz CT molecular complexity index is 968. The zero-order valence-electron chi connectivity index (χ0n) is 17.9. The molecule has 1 atom stereocenters. The van der Waals surface area contributed by atoms with E-state index in [1.165, 1.54) is 7.11 Å². The van der Waals surface area contributed by atoms with Gasteiger partial charge in [0, 0.05) is 19.3 Å². The summed E-state index contributed by atoms with van der Waals surface area (Å²) in [5.74, 6) is 0.188. The van der Waals surface area contributed by atoms with Crippen LogP contribution in [-0.2, 0) is 16.1 Å². The Hall–Kier alpha value is -3.60. The van der Waals surface area contributed by atoms with Gasteiger partial charge < -0.3 is 20.3 Å². The van der Waals surface area contributed by atoms with Crippen LogP contribution in [0.5, 0.6) is 0 Å². The van der Waals surface area contributed by atoms with Crippen LogP contribution in [-0.4, -0.2) is 35.5 Å². The molecule has 2 aromatic rings. The van der Waals surface area contributed by atoms with E-state index in [1.54, 1.807) is 17.2 Å². The largest absolute Gasteiger partial charge is 0.453 e. The van der Waals surface area contributed by atoms with E-state index >= 15 is 0 Å². The van der Waals surface area contributed by atoms with Crippen molar-refractivity contribution in [2.75, 3.05) is 24.3 Å². The second-order valence-electron chi connectivity index (χ2n) is 7.50. The smallest absolute Gasteiger partial charge is 0.409 e. The van der Waals surface area contributed by atoms with Crippen LogP contribution in [0.4, 0.5) is 16.3 Å². The average molecular weight is 422 g/mol. The number of pyridine rings is 1. The normalized spacial score (nSPS) is 15.6. The van der Waals surface area contributed by atoms with E-state index in [2.05, 4.69) is 15.6 Å². The molecule has 0 aliphatic carbocycles. The molecule has 1 aromatic heterocycles. The number of nitrogens with zero attached hydrogens (tertiary/aromatic N) is 3. The summed E-state index contributed by atoms with van der Waals surface area (Å²) in [6.45, 7) is 3.10. The number of hydrogen-bond donors (Lipinski definition) is 2. The van der Waals surface area contributed by atoms with Crippen LogP contribution in [0.3, 0.4) is 0 Å². The van der Waals surface area contributed by atoms with Crippen molar-refractivity contribution in [1.82, 2.24) is 9.88 Å². The van der Waals surface area contributed by atoms with Gasteiger partial charge in [0.25, 0.3) is 0 Å². The minimum absolute atomic E-state index is 0.0311.